The second-order valence-corrected chi connectivity index (χ2v) is 2.69. The van der Waals surface area contributed by atoms with Crippen LogP contribution in [-0.4, -0.2) is 21.8 Å². The quantitative estimate of drug-likeness (QED) is 0.364. The van der Waals surface area contributed by atoms with Crippen molar-refractivity contribution in [1.29, 1.82) is 5.26 Å². The number of nitrogens with zero attached hydrogens (tertiary/aromatic N) is 1. The second-order valence-electron chi connectivity index (χ2n) is 2.69. The number of hydrogen-bond acceptors (Lipinski definition) is 1. The van der Waals surface area contributed by atoms with Crippen molar-refractivity contribution in [1.82, 2.24) is 0 Å². The molecule has 1 rings (SSSR count). The van der Waals surface area contributed by atoms with Gasteiger partial charge in [0, 0.05) is 6.07 Å². The summed E-state index contributed by atoms with van der Waals surface area (Å²) in [6.45, 7) is 0. The molecule has 0 aliphatic heterocycles. The molecule has 0 aromatic heterocycles. The standard InChI is InChI=1S/C4H4N.3BF4.K/c5-3-4-1-2-4;3*2-1(3,4)5;/h1,4H,2H2;;;;/q4*-1;+1. The summed E-state index contributed by atoms with van der Waals surface area (Å²) in [7, 11) is -18.0. The van der Waals surface area contributed by atoms with Crippen LogP contribution in [0.3, 0.4) is 0 Å². The van der Waals surface area contributed by atoms with Gasteiger partial charge < -0.3 is 58.2 Å². The van der Waals surface area contributed by atoms with E-state index in [1.165, 1.54) is 0 Å². The fourth-order valence-corrected chi connectivity index (χ4v) is 0.173. The van der Waals surface area contributed by atoms with Crippen LogP contribution >= 0.6 is 0 Å². The van der Waals surface area contributed by atoms with E-state index in [0.717, 1.165) is 6.42 Å². The van der Waals surface area contributed by atoms with Crippen molar-refractivity contribution in [3.8, 4) is 6.07 Å². The minimum Gasteiger partial charge on any atom is -0.418 e. The van der Waals surface area contributed by atoms with Crippen LogP contribution in [0.25, 0.3) is 0 Å². The fourth-order valence-electron chi connectivity index (χ4n) is 0.173. The van der Waals surface area contributed by atoms with E-state index in [4.69, 9.17) is 5.26 Å². The first-order chi connectivity index (χ1) is 8.43. The Morgan fingerprint density at radius 2 is 0.857 bits per heavy atom. The van der Waals surface area contributed by atoms with Gasteiger partial charge in [-0.2, -0.15) is 6.42 Å². The third-order valence-electron chi connectivity index (χ3n) is 0.637. The van der Waals surface area contributed by atoms with Crippen molar-refractivity contribution in [3.05, 3.63) is 6.42 Å². The molecular weight excluding hydrogens is 362 g/mol. The molecule has 0 heterocycles. The molecule has 0 bridgehead atoms. The molecular formula is C4H4B3F12KN-3. The van der Waals surface area contributed by atoms with Gasteiger partial charge in [-0.15, -0.1) is 5.92 Å². The van der Waals surface area contributed by atoms with Crippen LogP contribution in [0.4, 0.5) is 51.8 Å². The Hall–Kier alpha value is 0.481. The third kappa shape index (κ3) is 233. The molecule has 0 amide bonds. The van der Waals surface area contributed by atoms with Crippen molar-refractivity contribution in [2.45, 2.75) is 6.42 Å². The molecule has 0 saturated heterocycles. The normalized spacial score (nSPS) is 16.2. The molecule has 0 radical (unpaired) electrons. The predicted molar refractivity (Wildman–Crippen MR) is 48.6 cm³/mol. The average Bonchev–Trinajstić information content (AvgIpc) is 2.74. The number of halogens is 12. The molecule has 21 heavy (non-hydrogen) atoms. The summed E-state index contributed by atoms with van der Waals surface area (Å²) < 4.78 is 117. The van der Waals surface area contributed by atoms with Gasteiger partial charge in [-0.1, -0.05) is 0 Å². The van der Waals surface area contributed by atoms with Crippen LogP contribution < -0.4 is 51.4 Å². The summed E-state index contributed by atoms with van der Waals surface area (Å²) >= 11 is 0. The van der Waals surface area contributed by atoms with Crippen LogP contribution in [0.5, 0.6) is 0 Å². The number of hydrogen-bond donors (Lipinski definition) is 0. The first kappa shape index (κ1) is 29.5. The maximum absolute atomic E-state index is 9.75. The Kier molecular flexibility index (Phi) is 18.2. The Bertz CT molecular complexity index is 230. The fraction of sp³-hybridized carbons (Fsp3) is 0.500. The van der Waals surface area contributed by atoms with Gasteiger partial charge in [0.05, 0.1) is 0 Å². The molecule has 1 saturated carbocycles. The zero-order valence-corrected chi connectivity index (χ0v) is 13.2. The maximum atomic E-state index is 9.75. The second kappa shape index (κ2) is 13.0. The van der Waals surface area contributed by atoms with Gasteiger partial charge in [0.2, 0.25) is 0 Å². The molecule has 0 spiro atoms. The van der Waals surface area contributed by atoms with E-state index in [2.05, 4.69) is 6.07 Å². The summed E-state index contributed by atoms with van der Waals surface area (Å²) in [5.41, 5.74) is 0. The molecule has 0 aromatic rings. The molecule has 1 nitrogen and oxygen atoms in total. The van der Waals surface area contributed by atoms with Crippen LogP contribution in [0.2, 0.25) is 0 Å². The molecule has 17 heteroatoms. The van der Waals surface area contributed by atoms with E-state index >= 15 is 0 Å². The van der Waals surface area contributed by atoms with Gasteiger partial charge in [0.15, 0.2) is 0 Å². The van der Waals surface area contributed by atoms with Gasteiger partial charge >= 0.3 is 73.1 Å². The van der Waals surface area contributed by atoms with Crippen LogP contribution in [0.1, 0.15) is 6.42 Å². The zero-order valence-electron chi connectivity index (χ0n) is 10.1. The van der Waals surface area contributed by atoms with E-state index in [1.54, 1.807) is 0 Å². The Morgan fingerprint density at radius 1 is 0.714 bits per heavy atom. The topological polar surface area (TPSA) is 23.8 Å². The van der Waals surface area contributed by atoms with Gasteiger partial charge in [0.25, 0.3) is 0 Å². The van der Waals surface area contributed by atoms with E-state index < -0.39 is 21.8 Å². The molecule has 0 N–H and O–H groups in total. The minimum absolute atomic E-state index is 0. The smallest absolute Gasteiger partial charge is 0.418 e. The SMILES string of the molecule is F[B-](F)(F)F.F[B-](F)(F)F.F[B-](F)(F)F.N#CC1[CH-]C1.[K+]. The zero-order chi connectivity index (χ0) is 17.2. The van der Waals surface area contributed by atoms with E-state index in [-0.39, 0.29) is 51.4 Å². The molecule has 1 aliphatic rings. The molecule has 1 atom stereocenters. The van der Waals surface area contributed by atoms with Gasteiger partial charge in [-0.3, -0.25) is 0 Å². The van der Waals surface area contributed by atoms with E-state index in [0.29, 0.717) is 5.92 Å². The largest absolute Gasteiger partial charge is 1.00 e. The number of nitriles is 1. The summed E-state index contributed by atoms with van der Waals surface area (Å²) in [6.07, 6.45) is 3.01. The van der Waals surface area contributed by atoms with Crippen LogP contribution in [0.15, 0.2) is 0 Å². The number of rotatable bonds is 0. The Balaban J connectivity index is -0.0000000903. The predicted octanol–water partition coefficient (Wildman–Crippen LogP) is 1.64. The Labute approximate surface area is 154 Å². The molecule has 122 valence electrons. The summed E-state index contributed by atoms with van der Waals surface area (Å²) in [6, 6.07) is 2.08. The van der Waals surface area contributed by atoms with E-state index in [1.807, 2.05) is 6.42 Å². The van der Waals surface area contributed by atoms with Gasteiger partial charge in [0.1, 0.15) is 0 Å². The van der Waals surface area contributed by atoms with Crippen molar-refractivity contribution in [2.24, 2.45) is 5.92 Å². The van der Waals surface area contributed by atoms with E-state index in [9.17, 15) is 51.8 Å². The van der Waals surface area contributed by atoms with Crippen molar-refractivity contribution in [3.63, 3.8) is 0 Å². The van der Waals surface area contributed by atoms with Crippen LogP contribution in [0, 0.1) is 23.7 Å². The van der Waals surface area contributed by atoms with Crippen molar-refractivity contribution in [2.75, 3.05) is 0 Å². The maximum Gasteiger partial charge on any atom is 1.00 e. The third-order valence-corrected chi connectivity index (χ3v) is 0.637. The monoisotopic (exact) mass is 366 g/mol. The first-order valence-electron chi connectivity index (χ1n) is 4.28. The Morgan fingerprint density at radius 3 is 0.857 bits per heavy atom. The minimum atomic E-state index is -6.00. The molecule has 1 aliphatic carbocycles. The van der Waals surface area contributed by atoms with Gasteiger partial charge in [-0.05, 0) is 0 Å². The van der Waals surface area contributed by atoms with Gasteiger partial charge in [-0.25, -0.2) is 5.26 Å². The van der Waals surface area contributed by atoms with Crippen molar-refractivity contribution < 1.29 is 103 Å². The van der Waals surface area contributed by atoms with Crippen LogP contribution in [-0.2, 0) is 0 Å². The average molecular weight is 366 g/mol. The first-order valence-corrected chi connectivity index (χ1v) is 4.28. The summed E-state index contributed by atoms with van der Waals surface area (Å²) in [5.74, 6) is 0.315. The van der Waals surface area contributed by atoms with Crippen molar-refractivity contribution >= 4 is 21.8 Å². The molecule has 1 fully saturated rings. The molecule has 0 aromatic carbocycles. The summed E-state index contributed by atoms with van der Waals surface area (Å²) in [5, 5.41) is 7.92. The molecule has 1 unspecified atom stereocenters. The summed E-state index contributed by atoms with van der Waals surface area (Å²) in [4.78, 5) is 0.